The van der Waals surface area contributed by atoms with Gasteiger partial charge in [0.1, 0.15) is 0 Å². The van der Waals surface area contributed by atoms with Crippen LogP contribution >= 0.6 is 0 Å². The second-order valence-corrected chi connectivity index (χ2v) is 7.04. The van der Waals surface area contributed by atoms with Crippen molar-refractivity contribution in [3.05, 3.63) is 59.7 Å². The number of amides is 1. The van der Waals surface area contributed by atoms with Crippen molar-refractivity contribution in [2.75, 3.05) is 6.79 Å². The third kappa shape index (κ3) is 2.91. The van der Waals surface area contributed by atoms with E-state index in [4.69, 9.17) is 14.2 Å². The summed E-state index contributed by atoms with van der Waals surface area (Å²) in [5.41, 5.74) is 2.78. The summed E-state index contributed by atoms with van der Waals surface area (Å²) >= 11 is 0. The van der Waals surface area contributed by atoms with Crippen LogP contribution in [0.5, 0.6) is 17.4 Å². The van der Waals surface area contributed by atoms with E-state index in [0.29, 0.717) is 25.4 Å². The van der Waals surface area contributed by atoms with Crippen molar-refractivity contribution >= 4 is 16.8 Å². The Hall–Kier alpha value is -3.28. The molecule has 1 aromatic heterocycles. The topological polar surface area (TPSA) is 60.9 Å². The molecule has 0 radical (unpaired) electrons. The molecule has 0 bridgehead atoms. The van der Waals surface area contributed by atoms with Gasteiger partial charge in [-0.3, -0.25) is 4.79 Å². The predicted octanol–water partition coefficient (Wildman–Crippen LogP) is 3.66. The maximum Gasteiger partial charge on any atom is 0.264 e. The van der Waals surface area contributed by atoms with Crippen LogP contribution in [-0.4, -0.2) is 28.7 Å². The van der Waals surface area contributed by atoms with Crippen molar-refractivity contribution in [1.29, 1.82) is 0 Å². The number of pyridine rings is 1. The molecule has 3 aromatic rings. The van der Waals surface area contributed by atoms with Crippen LogP contribution in [0.15, 0.2) is 48.5 Å². The van der Waals surface area contributed by atoms with Crippen LogP contribution in [0.25, 0.3) is 10.9 Å². The molecule has 1 atom stereocenters. The second-order valence-electron chi connectivity index (χ2n) is 7.04. The first-order chi connectivity index (χ1) is 13.7. The molecule has 0 aliphatic carbocycles. The highest BCUT2D eigenvalue weighted by Crippen LogP contribution is 2.34. The monoisotopic (exact) mass is 376 g/mol. The number of ether oxygens (including phenoxy) is 3. The summed E-state index contributed by atoms with van der Waals surface area (Å²) in [5, 5.41) is 1.04. The number of carbonyl (C=O) groups is 1. The zero-order valence-corrected chi connectivity index (χ0v) is 15.6. The molecule has 3 heterocycles. The standard InChI is InChI=1S/C22H20N2O4/c1-2-18-22(25)24(11-14-7-8-19-20(9-14)27-13-26-19)12-16-10-15-5-3-4-6-17(15)23-21(16)28-18/h3-10,18H,2,11-13H2,1H3/t18-/m0/s1. The molecule has 6 nitrogen and oxygen atoms in total. The van der Waals surface area contributed by atoms with Gasteiger partial charge in [0.15, 0.2) is 17.6 Å². The fraction of sp³-hybridized carbons (Fsp3) is 0.273. The zero-order chi connectivity index (χ0) is 19.1. The van der Waals surface area contributed by atoms with Gasteiger partial charge < -0.3 is 19.1 Å². The van der Waals surface area contributed by atoms with Gasteiger partial charge in [0.2, 0.25) is 12.7 Å². The lowest BCUT2D eigenvalue weighted by Gasteiger charge is -2.23. The zero-order valence-electron chi connectivity index (χ0n) is 15.6. The molecule has 0 N–H and O–H groups in total. The van der Waals surface area contributed by atoms with Gasteiger partial charge >= 0.3 is 0 Å². The normalized spacial score (nSPS) is 18.0. The molecule has 2 aliphatic rings. The second kappa shape index (κ2) is 6.71. The van der Waals surface area contributed by atoms with Crippen LogP contribution in [0.3, 0.4) is 0 Å². The maximum atomic E-state index is 13.1. The Morgan fingerprint density at radius 1 is 1.11 bits per heavy atom. The number of carbonyl (C=O) groups excluding carboxylic acids is 1. The van der Waals surface area contributed by atoms with Gasteiger partial charge in [0.05, 0.1) is 12.1 Å². The van der Waals surface area contributed by atoms with Crippen molar-refractivity contribution < 1.29 is 19.0 Å². The van der Waals surface area contributed by atoms with Crippen molar-refractivity contribution in [1.82, 2.24) is 9.88 Å². The van der Waals surface area contributed by atoms with Crippen LogP contribution in [0, 0.1) is 0 Å². The Bertz CT molecular complexity index is 1070. The van der Waals surface area contributed by atoms with Gasteiger partial charge in [-0.2, -0.15) is 0 Å². The SMILES string of the molecule is CC[C@@H]1Oc2nc3ccccc3cc2CN(Cc2ccc3c(c2)OCO3)C1=O. The Morgan fingerprint density at radius 3 is 2.86 bits per heavy atom. The maximum absolute atomic E-state index is 13.1. The van der Waals surface area contributed by atoms with Crippen LogP contribution in [-0.2, 0) is 17.9 Å². The largest absolute Gasteiger partial charge is 0.464 e. The van der Waals surface area contributed by atoms with Gasteiger partial charge in [0, 0.05) is 17.5 Å². The molecule has 2 aliphatic heterocycles. The van der Waals surface area contributed by atoms with Crippen LogP contribution in [0.2, 0.25) is 0 Å². The van der Waals surface area contributed by atoms with Crippen LogP contribution in [0.4, 0.5) is 0 Å². The summed E-state index contributed by atoms with van der Waals surface area (Å²) in [6.07, 6.45) is 0.0497. The first-order valence-corrected chi connectivity index (χ1v) is 9.44. The first-order valence-electron chi connectivity index (χ1n) is 9.44. The third-order valence-electron chi connectivity index (χ3n) is 5.15. The molecule has 28 heavy (non-hydrogen) atoms. The third-order valence-corrected chi connectivity index (χ3v) is 5.15. The molecule has 1 amide bonds. The molecule has 6 heteroatoms. The van der Waals surface area contributed by atoms with E-state index in [1.807, 2.05) is 54.3 Å². The quantitative estimate of drug-likeness (QED) is 0.698. The van der Waals surface area contributed by atoms with Gasteiger partial charge in [-0.25, -0.2) is 4.98 Å². The van der Waals surface area contributed by atoms with Gasteiger partial charge in [-0.1, -0.05) is 31.2 Å². The lowest BCUT2D eigenvalue weighted by Crippen LogP contribution is -2.38. The summed E-state index contributed by atoms with van der Waals surface area (Å²) in [5.74, 6) is 1.98. The predicted molar refractivity (Wildman–Crippen MR) is 103 cm³/mol. The highest BCUT2D eigenvalue weighted by Gasteiger charge is 2.31. The van der Waals surface area contributed by atoms with E-state index in [0.717, 1.165) is 33.5 Å². The van der Waals surface area contributed by atoms with Gasteiger partial charge in [-0.15, -0.1) is 0 Å². The van der Waals surface area contributed by atoms with Crippen molar-refractivity contribution in [3.8, 4) is 17.4 Å². The molecular formula is C22H20N2O4. The van der Waals surface area contributed by atoms with Crippen molar-refractivity contribution in [2.45, 2.75) is 32.5 Å². The number of benzene rings is 2. The molecule has 0 saturated carbocycles. The highest BCUT2D eigenvalue weighted by atomic mass is 16.7. The minimum absolute atomic E-state index is 0.0257. The molecule has 0 fully saturated rings. The number of nitrogens with zero attached hydrogens (tertiary/aromatic N) is 2. The van der Waals surface area contributed by atoms with E-state index < -0.39 is 6.10 Å². The highest BCUT2D eigenvalue weighted by molar-refractivity contribution is 5.84. The lowest BCUT2D eigenvalue weighted by molar-refractivity contribution is -0.139. The number of para-hydroxylation sites is 1. The molecule has 0 unspecified atom stereocenters. The summed E-state index contributed by atoms with van der Waals surface area (Å²) in [6, 6.07) is 15.8. The number of fused-ring (bicyclic) bond motifs is 3. The van der Waals surface area contributed by atoms with E-state index in [1.165, 1.54) is 0 Å². The molecule has 142 valence electrons. The molecule has 5 rings (SSSR count). The van der Waals surface area contributed by atoms with E-state index in [-0.39, 0.29) is 12.7 Å². The molecule has 0 saturated heterocycles. The summed E-state index contributed by atoms with van der Waals surface area (Å²) in [7, 11) is 0. The average Bonchev–Trinajstić information content (AvgIpc) is 3.14. The average molecular weight is 376 g/mol. The van der Waals surface area contributed by atoms with Gasteiger partial charge in [0.25, 0.3) is 5.91 Å². The first kappa shape index (κ1) is 16.9. The van der Waals surface area contributed by atoms with E-state index in [9.17, 15) is 4.79 Å². The Labute approximate surface area is 162 Å². The van der Waals surface area contributed by atoms with E-state index in [1.54, 1.807) is 0 Å². The minimum Gasteiger partial charge on any atom is -0.464 e. The number of hydrogen-bond acceptors (Lipinski definition) is 5. The molecule has 0 spiro atoms. The minimum atomic E-state index is -0.538. The molecular weight excluding hydrogens is 356 g/mol. The van der Waals surface area contributed by atoms with Crippen LogP contribution in [0.1, 0.15) is 24.5 Å². The fourth-order valence-corrected chi connectivity index (χ4v) is 3.68. The Kier molecular flexibility index (Phi) is 4.04. The smallest absolute Gasteiger partial charge is 0.264 e. The van der Waals surface area contributed by atoms with E-state index in [2.05, 4.69) is 11.1 Å². The lowest BCUT2D eigenvalue weighted by atomic mass is 10.1. The molecule has 2 aromatic carbocycles. The van der Waals surface area contributed by atoms with Crippen LogP contribution < -0.4 is 14.2 Å². The summed E-state index contributed by atoms with van der Waals surface area (Å²) in [6.45, 7) is 3.12. The fourth-order valence-electron chi connectivity index (χ4n) is 3.68. The van der Waals surface area contributed by atoms with Gasteiger partial charge in [-0.05, 0) is 36.2 Å². The number of aromatic nitrogens is 1. The van der Waals surface area contributed by atoms with Crippen molar-refractivity contribution in [3.63, 3.8) is 0 Å². The Balaban J connectivity index is 1.50. The number of rotatable bonds is 3. The van der Waals surface area contributed by atoms with Crippen molar-refractivity contribution in [2.24, 2.45) is 0 Å². The summed E-state index contributed by atoms with van der Waals surface area (Å²) < 4.78 is 16.9. The van der Waals surface area contributed by atoms with E-state index >= 15 is 0 Å². The number of hydrogen-bond donors (Lipinski definition) is 0. The Morgan fingerprint density at radius 2 is 1.96 bits per heavy atom. The summed E-state index contributed by atoms with van der Waals surface area (Å²) in [4.78, 5) is 19.6.